The van der Waals surface area contributed by atoms with E-state index < -0.39 is 27.6 Å². The van der Waals surface area contributed by atoms with Crippen LogP contribution in [0.15, 0.2) is 34.6 Å². The molecule has 1 N–H and O–H groups in total. The van der Waals surface area contributed by atoms with Gasteiger partial charge >= 0.3 is 5.97 Å². The number of thiophene rings is 1. The van der Waals surface area contributed by atoms with Gasteiger partial charge in [-0.05, 0) is 36.1 Å². The number of carbonyl (C=O) groups excluding carboxylic acids is 2. The lowest BCUT2D eigenvalue weighted by molar-refractivity contribution is -0.126. The van der Waals surface area contributed by atoms with Crippen LogP contribution in [0.4, 0.5) is 14.5 Å². The first-order chi connectivity index (χ1) is 15.0. The molecule has 32 heavy (non-hydrogen) atoms. The summed E-state index contributed by atoms with van der Waals surface area (Å²) in [5, 5.41) is 0. The van der Waals surface area contributed by atoms with Gasteiger partial charge in [0.1, 0.15) is 0 Å². The highest BCUT2D eigenvalue weighted by Crippen LogP contribution is 2.37. The quantitative estimate of drug-likeness (QED) is 0.499. The molecule has 0 spiro atoms. The number of carbonyl (C=O) groups is 2. The van der Waals surface area contributed by atoms with Crippen molar-refractivity contribution < 1.29 is 31.5 Å². The summed E-state index contributed by atoms with van der Waals surface area (Å²) in [6.45, 7) is 4.34. The van der Waals surface area contributed by atoms with Crippen molar-refractivity contribution >= 4 is 38.9 Å². The normalized spacial score (nSPS) is 14.0. The number of rotatable bonds is 6. The van der Waals surface area contributed by atoms with E-state index in [-0.39, 0.29) is 40.3 Å². The van der Waals surface area contributed by atoms with E-state index in [0.29, 0.717) is 23.1 Å². The molecule has 172 valence electrons. The van der Waals surface area contributed by atoms with Crippen molar-refractivity contribution in [1.82, 2.24) is 4.90 Å². The molecular formula is C21H22F2N2O5S2. The Hall–Kier alpha value is -2.79. The average Bonchev–Trinajstić information content (AvgIpc) is 3.13. The molecule has 0 unspecified atom stereocenters. The molecule has 2 heterocycles. The summed E-state index contributed by atoms with van der Waals surface area (Å²) < 4.78 is 59.4. The summed E-state index contributed by atoms with van der Waals surface area (Å²) in [5.41, 5.74) is 0.207. The SMILES string of the molecule is COC(=O)c1c(S(=O)(=O)Nc2ccc(F)c(F)c2)sc2c1CCN(C(=O)/C=C/C(C)C)C2. The molecule has 1 amide bonds. The lowest BCUT2D eigenvalue weighted by atomic mass is 10.0. The molecule has 1 aliphatic rings. The topological polar surface area (TPSA) is 92.8 Å². The number of nitrogens with zero attached hydrogens (tertiary/aromatic N) is 1. The van der Waals surface area contributed by atoms with E-state index in [1.807, 2.05) is 13.8 Å². The van der Waals surface area contributed by atoms with Crippen molar-refractivity contribution in [2.75, 3.05) is 18.4 Å². The Kier molecular flexibility index (Phi) is 6.99. The van der Waals surface area contributed by atoms with Gasteiger partial charge in [0.25, 0.3) is 10.0 Å². The summed E-state index contributed by atoms with van der Waals surface area (Å²) in [6.07, 6.45) is 3.53. The number of benzene rings is 1. The van der Waals surface area contributed by atoms with Crippen molar-refractivity contribution in [3.63, 3.8) is 0 Å². The molecule has 0 bridgehead atoms. The Balaban J connectivity index is 1.97. The Bertz CT molecular complexity index is 1190. The highest BCUT2D eigenvalue weighted by atomic mass is 32.2. The van der Waals surface area contributed by atoms with Gasteiger partial charge < -0.3 is 9.64 Å². The smallest absolute Gasteiger partial charge is 0.340 e. The average molecular weight is 485 g/mol. The fourth-order valence-corrected chi connectivity index (χ4v) is 6.16. The molecule has 1 aliphatic heterocycles. The van der Waals surface area contributed by atoms with E-state index in [1.165, 1.54) is 6.08 Å². The maximum atomic E-state index is 13.5. The second-order valence-electron chi connectivity index (χ2n) is 7.51. The largest absolute Gasteiger partial charge is 0.465 e. The van der Waals surface area contributed by atoms with Gasteiger partial charge in [0, 0.05) is 17.5 Å². The van der Waals surface area contributed by atoms with Crippen LogP contribution in [0, 0.1) is 17.6 Å². The van der Waals surface area contributed by atoms with Crippen molar-refractivity contribution in [2.45, 2.75) is 31.0 Å². The number of ether oxygens (including phenoxy) is 1. The van der Waals surface area contributed by atoms with Crippen LogP contribution >= 0.6 is 11.3 Å². The molecule has 0 saturated carbocycles. The fourth-order valence-electron chi connectivity index (χ4n) is 3.21. The molecule has 0 aliphatic carbocycles. The van der Waals surface area contributed by atoms with Gasteiger partial charge in [-0.3, -0.25) is 9.52 Å². The molecule has 11 heteroatoms. The molecule has 2 aromatic rings. The van der Waals surface area contributed by atoms with Crippen LogP contribution in [0.3, 0.4) is 0 Å². The summed E-state index contributed by atoms with van der Waals surface area (Å²) in [4.78, 5) is 27.0. The van der Waals surface area contributed by atoms with Crippen LogP contribution in [0.1, 0.15) is 34.6 Å². The van der Waals surface area contributed by atoms with Crippen molar-refractivity contribution in [3.05, 3.63) is 58.0 Å². The van der Waals surface area contributed by atoms with E-state index >= 15 is 0 Å². The molecule has 1 aromatic heterocycles. The first kappa shape index (κ1) is 23.9. The number of halogens is 2. The molecule has 0 saturated heterocycles. The minimum absolute atomic E-state index is 0.104. The molecular weight excluding hydrogens is 462 g/mol. The van der Waals surface area contributed by atoms with Gasteiger partial charge in [-0.25, -0.2) is 22.0 Å². The van der Waals surface area contributed by atoms with Crippen molar-refractivity contribution in [2.24, 2.45) is 5.92 Å². The molecule has 0 atom stereocenters. The van der Waals surface area contributed by atoms with E-state index in [0.717, 1.165) is 30.6 Å². The molecule has 7 nitrogen and oxygen atoms in total. The number of anilines is 1. The third kappa shape index (κ3) is 4.99. The van der Waals surface area contributed by atoms with Crippen LogP contribution in [0.25, 0.3) is 0 Å². The van der Waals surface area contributed by atoms with E-state index in [9.17, 15) is 26.8 Å². The number of amides is 1. The molecule has 0 radical (unpaired) electrons. The van der Waals surface area contributed by atoms with Crippen LogP contribution in [0.5, 0.6) is 0 Å². The Morgan fingerprint density at radius 1 is 1.25 bits per heavy atom. The van der Waals surface area contributed by atoms with Crippen LogP contribution in [0.2, 0.25) is 0 Å². The zero-order valence-corrected chi connectivity index (χ0v) is 19.3. The Morgan fingerprint density at radius 3 is 2.59 bits per heavy atom. The summed E-state index contributed by atoms with van der Waals surface area (Å²) in [5.74, 6) is -3.17. The van der Waals surface area contributed by atoms with Crippen molar-refractivity contribution in [1.29, 1.82) is 0 Å². The summed E-state index contributed by atoms with van der Waals surface area (Å²) >= 11 is 0.848. The number of hydrogen-bond donors (Lipinski definition) is 1. The summed E-state index contributed by atoms with van der Waals surface area (Å²) in [6, 6.07) is 2.57. The van der Waals surface area contributed by atoms with Gasteiger partial charge in [0.05, 0.1) is 24.9 Å². The van der Waals surface area contributed by atoms with Crippen LogP contribution in [-0.4, -0.2) is 38.8 Å². The van der Waals surface area contributed by atoms with Crippen molar-refractivity contribution in [3.8, 4) is 0 Å². The zero-order chi connectivity index (χ0) is 23.6. The number of sulfonamides is 1. The predicted molar refractivity (Wildman–Crippen MR) is 116 cm³/mol. The molecule has 1 aromatic carbocycles. The monoisotopic (exact) mass is 484 g/mol. The van der Waals surface area contributed by atoms with Crippen LogP contribution < -0.4 is 4.72 Å². The standard InChI is InChI=1S/C21H22F2N2O5S2/c1-12(2)4-7-18(26)25-9-8-14-17(11-25)31-21(19(14)20(27)30-3)32(28,29)24-13-5-6-15(22)16(23)10-13/h4-7,10,12,24H,8-9,11H2,1-3H3/b7-4+. The second kappa shape index (κ2) is 9.37. The second-order valence-corrected chi connectivity index (χ2v) is 10.5. The summed E-state index contributed by atoms with van der Waals surface area (Å²) in [7, 11) is -3.18. The van der Waals surface area contributed by atoms with Gasteiger partial charge in [0.15, 0.2) is 15.8 Å². The fraction of sp³-hybridized carbons (Fsp3) is 0.333. The zero-order valence-electron chi connectivity index (χ0n) is 17.6. The number of nitrogens with one attached hydrogen (secondary N) is 1. The third-order valence-corrected chi connectivity index (χ3v) is 7.88. The number of fused-ring (bicyclic) bond motifs is 1. The number of allylic oxidation sites excluding steroid dienone is 1. The minimum atomic E-state index is -4.32. The highest BCUT2D eigenvalue weighted by molar-refractivity contribution is 7.94. The van der Waals surface area contributed by atoms with E-state index in [2.05, 4.69) is 4.72 Å². The minimum Gasteiger partial charge on any atom is -0.465 e. The number of esters is 1. The number of methoxy groups -OCH3 is 1. The third-order valence-electron chi connectivity index (χ3n) is 4.77. The lowest BCUT2D eigenvalue weighted by Gasteiger charge is -2.26. The predicted octanol–water partition coefficient (Wildman–Crippen LogP) is 3.71. The van der Waals surface area contributed by atoms with E-state index in [1.54, 1.807) is 11.0 Å². The van der Waals surface area contributed by atoms with Gasteiger partial charge in [-0.15, -0.1) is 11.3 Å². The molecule has 0 fully saturated rings. The molecule has 3 rings (SSSR count). The maximum Gasteiger partial charge on any atom is 0.340 e. The maximum absolute atomic E-state index is 13.5. The van der Waals surface area contributed by atoms with E-state index in [4.69, 9.17) is 4.74 Å². The highest BCUT2D eigenvalue weighted by Gasteiger charge is 2.35. The van der Waals surface area contributed by atoms with Gasteiger partial charge in [-0.1, -0.05) is 19.9 Å². The van der Waals surface area contributed by atoms with Gasteiger partial charge in [0.2, 0.25) is 5.91 Å². The Labute approximate surface area is 188 Å². The first-order valence-corrected chi connectivity index (χ1v) is 12.0. The Morgan fingerprint density at radius 2 is 1.97 bits per heavy atom. The first-order valence-electron chi connectivity index (χ1n) is 9.71. The van der Waals surface area contributed by atoms with Gasteiger partial charge in [-0.2, -0.15) is 0 Å². The van der Waals surface area contributed by atoms with Crippen LogP contribution in [-0.2, 0) is 32.5 Å². The number of hydrogen-bond acceptors (Lipinski definition) is 6. The lowest BCUT2D eigenvalue weighted by Crippen LogP contribution is -2.34.